The van der Waals surface area contributed by atoms with Crippen LogP contribution >= 0.6 is 0 Å². The zero-order chi connectivity index (χ0) is 11.6. The summed E-state index contributed by atoms with van der Waals surface area (Å²) in [6.45, 7) is 11.1. The summed E-state index contributed by atoms with van der Waals surface area (Å²) in [6, 6.07) is 9.85. The van der Waals surface area contributed by atoms with E-state index in [4.69, 9.17) is 0 Å². The van der Waals surface area contributed by atoms with E-state index in [-0.39, 0.29) is 29.9 Å². The number of hydrogen-bond donors (Lipinski definition) is 1. The minimum atomic E-state index is 0. The molecule has 1 fully saturated rings. The maximum Gasteiger partial charge on any atom is 2.00 e. The van der Waals surface area contributed by atoms with Crippen molar-refractivity contribution in [3.63, 3.8) is 0 Å². The van der Waals surface area contributed by atoms with Gasteiger partial charge in [-0.1, -0.05) is 26.5 Å². The molecular weight excluding hydrogens is 220 g/mol. The smallest absolute Gasteiger partial charge is 1.00 e. The zero-order valence-electron chi connectivity index (χ0n) is 12.2. The number of rotatable bonds is 1. The summed E-state index contributed by atoms with van der Waals surface area (Å²) in [5, 5.41) is 3.38. The van der Waals surface area contributed by atoms with E-state index in [2.05, 4.69) is 55.3 Å². The molecule has 1 aromatic rings. The third-order valence-electron chi connectivity index (χ3n) is 3.08. The molecule has 0 unspecified atom stereocenters. The topological polar surface area (TPSA) is 15.3 Å². The van der Waals surface area contributed by atoms with Gasteiger partial charge in [0.25, 0.3) is 0 Å². The Bertz CT molecular complexity index is 357. The first kappa shape index (κ1) is 14.8. The van der Waals surface area contributed by atoms with E-state index in [1.807, 2.05) is 0 Å². The van der Waals surface area contributed by atoms with Crippen molar-refractivity contribution >= 4 is 28.7 Å². The van der Waals surface area contributed by atoms with E-state index < -0.39 is 0 Å². The molecule has 17 heavy (non-hydrogen) atoms. The molecule has 90 valence electrons. The first-order valence-electron chi connectivity index (χ1n) is 6.05. The Labute approximate surface area is 122 Å². The van der Waals surface area contributed by atoms with Crippen molar-refractivity contribution in [3.8, 4) is 0 Å². The Hall–Kier alpha value is -0.254. The van der Waals surface area contributed by atoms with Gasteiger partial charge in [0.05, 0.1) is 0 Å². The summed E-state index contributed by atoms with van der Waals surface area (Å²) in [7, 11) is 0. The maximum absolute atomic E-state index is 3.38. The number of nitrogens with zero attached hydrogens (tertiary/aromatic N) is 1. The van der Waals surface area contributed by atoms with E-state index in [1.165, 1.54) is 11.3 Å². The number of nitrogens with one attached hydrogen (secondary N) is 1. The largest absolute Gasteiger partial charge is 2.00 e. The molecule has 0 aliphatic carbocycles. The van der Waals surface area contributed by atoms with Crippen LogP contribution in [-0.4, -0.2) is 49.2 Å². The van der Waals surface area contributed by atoms with Crippen molar-refractivity contribution in [1.82, 2.24) is 5.32 Å². The van der Waals surface area contributed by atoms with E-state index in [1.54, 1.807) is 0 Å². The fraction of sp³-hybridized carbons (Fsp3) is 0.571. The van der Waals surface area contributed by atoms with Crippen LogP contribution in [-0.2, 0) is 5.41 Å². The maximum atomic E-state index is 3.38. The molecular formula is C14H22MgN2. The van der Waals surface area contributed by atoms with Crippen molar-refractivity contribution < 1.29 is 1.43 Å². The van der Waals surface area contributed by atoms with E-state index in [0.29, 0.717) is 0 Å². The van der Waals surface area contributed by atoms with Gasteiger partial charge < -0.3 is 11.6 Å². The van der Waals surface area contributed by atoms with E-state index in [0.717, 1.165) is 26.2 Å². The third kappa shape index (κ3) is 3.86. The Morgan fingerprint density at radius 1 is 1.29 bits per heavy atom. The second kappa shape index (κ2) is 6.07. The van der Waals surface area contributed by atoms with Crippen molar-refractivity contribution in [2.75, 3.05) is 31.1 Å². The van der Waals surface area contributed by atoms with Crippen LogP contribution in [0.25, 0.3) is 0 Å². The Balaban J connectivity index is 0.00000144. The van der Waals surface area contributed by atoms with Crippen LogP contribution in [0, 0.1) is 6.07 Å². The second-order valence-corrected chi connectivity index (χ2v) is 5.45. The monoisotopic (exact) mass is 242 g/mol. The standard InChI is InChI=1S/C14H21N2.Mg.H/c1-14(2,3)12-5-4-6-13(11-12)16-9-7-15-8-10-16;;/h4,6,11,15H,7-10H2,1-3H3;;/q-1;+2;-1. The molecule has 0 atom stereocenters. The van der Waals surface area contributed by atoms with Gasteiger partial charge in [0.2, 0.25) is 0 Å². The quantitative estimate of drug-likeness (QED) is 0.598. The molecule has 1 heterocycles. The molecule has 1 aromatic carbocycles. The van der Waals surface area contributed by atoms with E-state index >= 15 is 0 Å². The third-order valence-corrected chi connectivity index (χ3v) is 3.08. The van der Waals surface area contributed by atoms with Gasteiger partial charge in [-0.15, -0.1) is 12.1 Å². The molecule has 0 radical (unpaired) electrons. The SMILES string of the molecule is CC(C)(C)c1[c-]ccc(N2CCNCC2)c1.[H-].[Mg+2]. The van der Waals surface area contributed by atoms with Crippen LogP contribution in [0.3, 0.4) is 0 Å². The fourth-order valence-electron chi connectivity index (χ4n) is 2.01. The molecule has 1 N–H and O–H groups in total. The van der Waals surface area contributed by atoms with E-state index in [9.17, 15) is 0 Å². The summed E-state index contributed by atoms with van der Waals surface area (Å²) in [6.07, 6.45) is 0. The van der Waals surface area contributed by atoms with Gasteiger partial charge in [0, 0.05) is 26.2 Å². The van der Waals surface area contributed by atoms with Crippen LogP contribution in [0.15, 0.2) is 18.2 Å². The van der Waals surface area contributed by atoms with Gasteiger partial charge in [-0.2, -0.15) is 17.7 Å². The van der Waals surface area contributed by atoms with Crippen LogP contribution in [0.4, 0.5) is 5.69 Å². The molecule has 1 aliphatic heterocycles. The van der Waals surface area contributed by atoms with Crippen LogP contribution in [0.5, 0.6) is 0 Å². The predicted octanol–water partition coefficient (Wildman–Crippen LogP) is 1.93. The Kier molecular flexibility index (Phi) is 5.29. The van der Waals surface area contributed by atoms with Crippen LogP contribution in [0.1, 0.15) is 27.8 Å². The molecule has 1 saturated heterocycles. The summed E-state index contributed by atoms with van der Waals surface area (Å²) in [5.41, 5.74) is 2.82. The molecule has 0 saturated carbocycles. The number of hydrogen-bond acceptors (Lipinski definition) is 2. The van der Waals surface area contributed by atoms with Crippen LogP contribution in [0.2, 0.25) is 0 Å². The Morgan fingerprint density at radius 2 is 1.94 bits per heavy atom. The minimum Gasteiger partial charge on any atom is -1.00 e. The summed E-state index contributed by atoms with van der Waals surface area (Å²) < 4.78 is 0. The van der Waals surface area contributed by atoms with Gasteiger partial charge in [0.1, 0.15) is 0 Å². The molecule has 2 rings (SSSR count). The normalized spacial score (nSPS) is 16.5. The first-order valence-corrected chi connectivity index (χ1v) is 6.05. The van der Waals surface area contributed by atoms with Crippen molar-refractivity contribution in [3.05, 3.63) is 29.8 Å². The van der Waals surface area contributed by atoms with Gasteiger partial charge in [-0.25, -0.2) is 0 Å². The number of benzene rings is 1. The van der Waals surface area contributed by atoms with Gasteiger partial charge in [-0.05, 0) is 5.41 Å². The molecule has 0 aromatic heterocycles. The Morgan fingerprint density at radius 3 is 2.53 bits per heavy atom. The molecule has 1 aliphatic rings. The van der Waals surface area contributed by atoms with Crippen LogP contribution < -0.4 is 10.2 Å². The average molecular weight is 243 g/mol. The summed E-state index contributed by atoms with van der Waals surface area (Å²) >= 11 is 0. The number of piperazine rings is 1. The van der Waals surface area contributed by atoms with Gasteiger partial charge in [-0.3, -0.25) is 0 Å². The first-order chi connectivity index (χ1) is 7.57. The predicted molar refractivity (Wildman–Crippen MR) is 75.9 cm³/mol. The van der Waals surface area contributed by atoms with Crippen molar-refractivity contribution in [2.24, 2.45) is 0 Å². The molecule has 0 spiro atoms. The van der Waals surface area contributed by atoms with Gasteiger partial charge in [0.15, 0.2) is 0 Å². The fourth-order valence-corrected chi connectivity index (χ4v) is 2.01. The second-order valence-electron chi connectivity index (χ2n) is 5.45. The average Bonchev–Trinajstić information content (AvgIpc) is 2.29. The molecule has 0 bridgehead atoms. The van der Waals surface area contributed by atoms with Crippen molar-refractivity contribution in [1.29, 1.82) is 0 Å². The number of anilines is 1. The minimum absolute atomic E-state index is 0. The van der Waals surface area contributed by atoms with Crippen molar-refractivity contribution in [2.45, 2.75) is 26.2 Å². The summed E-state index contributed by atoms with van der Waals surface area (Å²) in [4.78, 5) is 2.44. The molecule has 3 heteroatoms. The van der Waals surface area contributed by atoms with Gasteiger partial charge >= 0.3 is 23.1 Å². The zero-order valence-corrected chi connectivity index (χ0v) is 12.6. The summed E-state index contributed by atoms with van der Waals surface area (Å²) in [5.74, 6) is 0. The molecule has 2 nitrogen and oxygen atoms in total. The molecule has 0 amide bonds.